The number of hydrogen-bond donors (Lipinski definition) is 1. The Kier molecular flexibility index (Phi) is 3.39. The van der Waals surface area contributed by atoms with Gasteiger partial charge in [-0.05, 0) is 25.2 Å². The molecular weight excluding hydrogens is 216 g/mol. The Labute approximate surface area is 100 Å². The van der Waals surface area contributed by atoms with E-state index in [1.807, 2.05) is 50.3 Å². The minimum absolute atomic E-state index is 0.555. The molecule has 5 heteroatoms. The number of benzene rings is 1. The number of nitrogens with one attached hydrogen (secondary N) is 1. The van der Waals surface area contributed by atoms with Gasteiger partial charge >= 0.3 is 0 Å². The molecule has 0 spiro atoms. The van der Waals surface area contributed by atoms with Crippen molar-refractivity contribution in [2.75, 3.05) is 26.0 Å². The van der Waals surface area contributed by atoms with Crippen molar-refractivity contribution in [3.05, 3.63) is 30.1 Å². The van der Waals surface area contributed by atoms with Gasteiger partial charge in [0, 0.05) is 25.3 Å². The number of nitrogens with zero attached hydrogens (tertiary/aromatic N) is 3. The van der Waals surface area contributed by atoms with Crippen LogP contribution in [0.2, 0.25) is 0 Å². The van der Waals surface area contributed by atoms with E-state index in [0.717, 1.165) is 11.3 Å². The lowest BCUT2D eigenvalue weighted by Gasteiger charge is -2.12. The molecular formula is C12H16N4O. The fraction of sp³-hybridized carbons (Fsp3) is 0.333. The van der Waals surface area contributed by atoms with Gasteiger partial charge in [0.2, 0.25) is 0 Å². The summed E-state index contributed by atoms with van der Waals surface area (Å²) in [6.45, 7) is 0.608. The lowest BCUT2D eigenvalue weighted by molar-refractivity contribution is 0.420. The Morgan fingerprint density at radius 2 is 2.18 bits per heavy atom. The van der Waals surface area contributed by atoms with Crippen molar-refractivity contribution in [3.8, 4) is 11.5 Å². The molecule has 0 unspecified atom stereocenters. The van der Waals surface area contributed by atoms with E-state index in [0.29, 0.717) is 18.3 Å². The van der Waals surface area contributed by atoms with Gasteiger partial charge in [0.15, 0.2) is 5.82 Å². The van der Waals surface area contributed by atoms with Crippen molar-refractivity contribution in [1.29, 1.82) is 0 Å². The third-order valence-electron chi connectivity index (χ3n) is 2.41. The zero-order valence-electron chi connectivity index (χ0n) is 10.3. The zero-order valence-corrected chi connectivity index (χ0v) is 10.3. The summed E-state index contributed by atoms with van der Waals surface area (Å²) >= 11 is 0. The van der Waals surface area contributed by atoms with Gasteiger partial charge in [0.25, 0.3) is 5.89 Å². The highest BCUT2D eigenvalue weighted by atomic mass is 16.5. The Morgan fingerprint density at radius 3 is 2.88 bits per heavy atom. The lowest BCUT2D eigenvalue weighted by atomic mass is 10.2. The van der Waals surface area contributed by atoms with Gasteiger partial charge in [-0.1, -0.05) is 11.2 Å². The molecule has 0 aliphatic rings. The van der Waals surface area contributed by atoms with E-state index in [1.54, 1.807) is 0 Å². The predicted molar refractivity (Wildman–Crippen MR) is 66.8 cm³/mol. The number of hydrogen-bond acceptors (Lipinski definition) is 5. The first-order chi connectivity index (χ1) is 8.20. The van der Waals surface area contributed by atoms with E-state index < -0.39 is 0 Å². The van der Waals surface area contributed by atoms with Crippen LogP contribution >= 0.6 is 0 Å². The van der Waals surface area contributed by atoms with Crippen molar-refractivity contribution < 1.29 is 4.52 Å². The Balaban J connectivity index is 2.28. The molecule has 2 aromatic rings. The topological polar surface area (TPSA) is 54.2 Å². The smallest absolute Gasteiger partial charge is 0.258 e. The largest absolute Gasteiger partial charge is 0.378 e. The summed E-state index contributed by atoms with van der Waals surface area (Å²) < 4.78 is 5.22. The molecule has 90 valence electrons. The van der Waals surface area contributed by atoms with E-state index in [4.69, 9.17) is 4.52 Å². The van der Waals surface area contributed by atoms with Gasteiger partial charge in [0.05, 0.1) is 6.54 Å². The van der Waals surface area contributed by atoms with Crippen molar-refractivity contribution in [1.82, 2.24) is 15.5 Å². The number of rotatable bonds is 4. The molecule has 2 rings (SSSR count). The lowest BCUT2D eigenvalue weighted by Crippen LogP contribution is -2.08. The fourth-order valence-corrected chi connectivity index (χ4v) is 1.52. The molecule has 5 nitrogen and oxygen atoms in total. The van der Waals surface area contributed by atoms with E-state index in [9.17, 15) is 0 Å². The Bertz CT molecular complexity index is 493. The van der Waals surface area contributed by atoms with Gasteiger partial charge in [-0.25, -0.2) is 0 Å². The Morgan fingerprint density at radius 1 is 1.35 bits per heavy atom. The Hall–Kier alpha value is -1.88. The third kappa shape index (κ3) is 2.62. The summed E-state index contributed by atoms with van der Waals surface area (Å²) in [5.74, 6) is 1.22. The van der Waals surface area contributed by atoms with Gasteiger partial charge < -0.3 is 14.7 Å². The summed E-state index contributed by atoms with van der Waals surface area (Å²) in [6, 6.07) is 8.00. The second-order valence-electron chi connectivity index (χ2n) is 3.99. The summed E-state index contributed by atoms with van der Waals surface area (Å²) in [4.78, 5) is 6.35. The number of anilines is 1. The van der Waals surface area contributed by atoms with Crippen LogP contribution < -0.4 is 10.2 Å². The monoisotopic (exact) mass is 232 g/mol. The standard InChI is InChI=1S/C12H16N4O/c1-13-8-11-14-12(17-15-11)9-5-4-6-10(7-9)16(2)3/h4-7,13H,8H2,1-3H3. The molecule has 17 heavy (non-hydrogen) atoms. The first kappa shape index (κ1) is 11.6. The molecule has 0 bridgehead atoms. The molecule has 0 saturated heterocycles. The highest BCUT2D eigenvalue weighted by molar-refractivity contribution is 5.61. The summed E-state index contributed by atoms with van der Waals surface area (Å²) in [6.07, 6.45) is 0. The predicted octanol–water partition coefficient (Wildman–Crippen LogP) is 1.52. The van der Waals surface area contributed by atoms with Crippen LogP contribution in [-0.2, 0) is 6.54 Å². The normalized spacial score (nSPS) is 10.5. The molecule has 0 saturated carbocycles. The van der Waals surface area contributed by atoms with Gasteiger partial charge in [-0.3, -0.25) is 0 Å². The fourth-order valence-electron chi connectivity index (χ4n) is 1.52. The molecule has 0 amide bonds. The second kappa shape index (κ2) is 4.97. The quantitative estimate of drug-likeness (QED) is 0.866. The maximum atomic E-state index is 5.22. The third-order valence-corrected chi connectivity index (χ3v) is 2.41. The van der Waals surface area contributed by atoms with Gasteiger partial charge in [0.1, 0.15) is 0 Å². The molecule has 0 atom stereocenters. The second-order valence-corrected chi connectivity index (χ2v) is 3.99. The van der Waals surface area contributed by atoms with Crippen LogP contribution in [0, 0.1) is 0 Å². The maximum Gasteiger partial charge on any atom is 0.258 e. The highest BCUT2D eigenvalue weighted by Crippen LogP contribution is 2.22. The van der Waals surface area contributed by atoms with Crippen molar-refractivity contribution in [2.24, 2.45) is 0 Å². The summed E-state index contributed by atoms with van der Waals surface area (Å²) in [5, 5.41) is 6.88. The molecule has 0 aliphatic carbocycles. The van der Waals surface area contributed by atoms with E-state index in [2.05, 4.69) is 15.5 Å². The van der Waals surface area contributed by atoms with E-state index in [-0.39, 0.29) is 0 Å². The van der Waals surface area contributed by atoms with Crippen LogP contribution in [0.3, 0.4) is 0 Å². The molecule has 0 fully saturated rings. The molecule has 1 aromatic carbocycles. The first-order valence-corrected chi connectivity index (χ1v) is 5.45. The summed E-state index contributed by atoms with van der Waals surface area (Å²) in [7, 11) is 5.85. The van der Waals surface area contributed by atoms with Gasteiger partial charge in [-0.2, -0.15) is 4.98 Å². The van der Waals surface area contributed by atoms with Crippen LogP contribution in [0.5, 0.6) is 0 Å². The molecule has 1 aromatic heterocycles. The average molecular weight is 232 g/mol. The molecule has 1 heterocycles. The van der Waals surface area contributed by atoms with Crippen molar-refractivity contribution in [3.63, 3.8) is 0 Å². The number of aromatic nitrogens is 2. The zero-order chi connectivity index (χ0) is 12.3. The molecule has 1 N–H and O–H groups in total. The highest BCUT2D eigenvalue weighted by Gasteiger charge is 2.08. The minimum atomic E-state index is 0.555. The first-order valence-electron chi connectivity index (χ1n) is 5.45. The van der Waals surface area contributed by atoms with Gasteiger partial charge in [-0.15, -0.1) is 0 Å². The van der Waals surface area contributed by atoms with Crippen LogP contribution in [0.1, 0.15) is 5.82 Å². The van der Waals surface area contributed by atoms with Crippen LogP contribution in [0.25, 0.3) is 11.5 Å². The summed E-state index contributed by atoms with van der Waals surface area (Å²) in [5.41, 5.74) is 2.04. The van der Waals surface area contributed by atoms with Crippen LogP contribution in [0.15, 0.2) is 28.8 Å². The SMILES string of the molecule is CNCc1noc(-c2cccc(N(C)C)c2)n1. The minimum Gasteiger partial charge on any atom is -0.378 e. The van der Waals surface area contributed by atoms with Crippen molar-refractivity contribution >= 4 is 5.69 Å². The van der Waals surface area contributed by atoms with E-state index >= 15 is 0 Å². The van der Waals surface area contributed by atoms with Crippen LogP contribution in [0.4, 0.5) is 5.69 Å². The van der Waals surface area contributed by atoms with E-state index in [1.165, 1.54) is 0 Å². The molecule has 0 aliphatic heterocycles. The average Bonchev–Trinajstić information content (AvgIpc) is 2.78. The van der Waals surface area contributed by atoms with Crippen molar-refractivity contribution in [2.45, 2.75) is 6.54 Å². The maximum absolute atomic E-state index is 5.22. The molecule has 0 radical (unpaired) electrons. The van der Waals surface area contributed by atoms with Crippen LogP contribution in [-0.4, -0.2) is 31.3 Å².